The van der Waals surface area contributed by atoms with Crippen LogP contribution in [0.25, 0.3) is 0 Å². The number of rotatable bonds is 1. The number of hydrogen-bond donors (Lipinski definition) is 0. The Kier molecular flexibility index (Phi) is 2.84. The Balaban J connectivity index is 2.40. The van der Waals surface area contributed by atoms with Gasteiger partial charge >= 0.3 is 0 Å². The van der Waals surface area contributed by atoms with E-state index in [1.165, 1.54) is 0 Å². The molecule has 0 amide bonds. The monoisotopic (exact) mass is 174 g/mol. The maximum Gasteiger partial charge on any atom is 0.157 e. The lowest BCUT2D eigenvalue weighted by atomic mass is 10.2. The van der Waals surface area contributed by atoms with Crippen LogP contribution in [0.2, 0.25) is 0 Å². The SMILES string of the molecule is CC(=S)OC1C[C@@H](C)O[C@@H]1C. The molecule has 1 aliphatic heterocycles. The van der Waals surface area contributed by atoms with Crippen LogP contribution in [0.4, 0.5) is 0 Å². The van der Waals surface area contributed by atoms with Crippen LogP contribution in [-0.2, 0) is 9.47 Å². The van der Waals surface area contributed by atoms with E-state index in [2.05, 4.69) is 6.92 Å². The normalized spacial score (nSPS) is 37.2. The second kappa shape index (κ2) is 3.50. The first-order valence-corrected chi connectivity index (χ1v) is 4.33. The minimum atomic E-state index is 0.169. The molecule has 3 heteroatoms. The second-order valence-electron chi connectivity index (χ2n) is 3.04. The van der Waals surface area contributed by atoms with Crippen molar-refractivity contribution < 1.29 is 9.47 Å². The van der Waals surface area contributed by atoms with Crippen LogP contribution >= 0.6 is 12.2 Å². The molecule has 0 spiro atoms. The van der Waals surface area contributed by atoms with Gasteiger partial charge in [0.2, 0.25) is 0 Å². The Hall–Kier alpha value is -0.150. The molecule has 1 saturated heterocycles. The fourth-order valence-corrected chi connectivity index (χ4v) is 1.51. The molecule has 2 nitrogen and oxygen atoms in total. The minimum absolute atomic E-state index is 0.169. The zero-order valence-corrected chi connectivity index (χ0v) is 7.98. The first-order valence-electron chi connectivity index (χ1n) is 3.92. The lowest BCUT2D eigenvalue weighted by Gasteiger charge is -2.14. The molecule has 0 aromatic carbocycles. The summed E-state index contributed by atoms with van der Waals surface area (Å²) in [6.45, 7) is 5.87. The summed E-state index contributed by atoms with van der Waals surface area (Å²) < 4.78 is 10.9. The number of thiocarbonyl (C=S) groups is 1. The third-order valence-electron chi connectivity index (χ3n) is 1.85. The zero-order valence-electron chi connectivity index (χ0n) is 7.16. The largest absolute Gasteiger partial charge is 0.481 e. The number of ether oxygens (including phenoxy) is 2. The van der Waals surface area contributed by atoms with Gasteiger partial charge in [-0.2, -0.15) is 0 Å². The van der Waals surface area contributed by atoms with Crippen molar-refractivity contribution >= 4 is 17.3 Å². The van der Waals surface area contributed by atoms with Gasteiger partial charge in [0.15, 0.2) is 5.05 Å². The highest BCUT2D eigenvalue weighted by Gasteiger charge is 2.30. The molecular weight excluding hydrogens is 160 g/mol. The molecule has 1 rings (SSSR count). The smallest absolute Gasteiger partial charge is 0.157 e. The summed E-state index contributed by atoms with van der Waals surface area (Å²) in [7, 11) is 0. The van der Waals surface area contributed by atoms with Gasteiger partial charge in [-0.15, -0.1) is 0 Å². The van der Waals surface area contributed by atoms with Gasteiger partial charge in [0.1, 0.15) is 6.10 Å². The summed E-state index contributed by atoms with van der Waals surface area (Å²) >= 11 is 4.85. The summed E-state index contributed by atoms with van der Waals surface area (Å²) in [5.41, 5.74) is 0. The topological polar surface area (TPSA) is 18.5 Å². The van der Waals surface area contributed by atoms with Gasteiger partial charge in [0, 0.05) is 13.3 Å². The second-order valence-corrected chi connectivity index (χ2v) is 3.61. The Labute approximate surface area is 72.9 Å². The Bertz CT molecular complexity index is 158. The molecule has 0 aliphatic carbocycles. The Morgan fingerprint density at radius 1 is 1.55 bits per heavy atom. The lowest BCUT2D eigenvalue weighted by Crippen LogP contribution is -2.22. The van der Waals surface area contributed by atoms with Crippen LogP contribution in [0.5, 0.6) is 0 Å². The number of hydrogen-bond acceptors (Lipinski definition) is 3. The summed E-state index contributed by atoms with van der Waals surface area (Å²) in [5, 5.41) is 0.611. The van der Waals surface area contributed by atoms with E-state index in [-0.39, 0.29) is 12.2 Å². The van der Waals surface area contributed by atoms with Crippen LogP contribution in [-0.4, -0.2) is 23.4 Å². The molecule has 3 atom stereocenters. The molecule has 0 bridgehead atoms. The molecular formula is C8H14O2S. The minimum Gasteiger partial charge on any atom is -0.481 e. The van der Waals surface area contributed by atoms with E-state index in [0.717, 1.165) is 6.42 Å². The van der Waals surface area contributed by atoms with E-state index < -0.39 is 0 Å². The van der Waals surface area contributed by atoms with Crippen molar-refractivity contribution in [3.05, 3.63) is 0 Å². The Morgan fingerprint density at radius 2 is 2.18 bits per heavy atom. The third kappa shape index (κ3) is 2.42. The van der Waals surface area contributed by atoms with Crippen LogP contribution < -0.4 is 0 Å². The van der Waals surface area contributed by atoms with E-state index in [1.807, 2.05) is 6.92 Å². The molecule has 0 aromatic heterocycles. The van der Waals surface area contributed by atoms with Crippen molar-refractivity contribution in [2.45, 2.75) is 45.5 Å². The summed E-state index contributed by atoms with van der Waals surface area (Å²) in [6, 6.07) is 0. The summed E-state index contributed by atoms with van der Waals surface area (Å²) in [6.07, 6.45) is 1.62. The average molecular weight is 174 g/mol. The Morgan fingerprint density at radius 3 is 2.55 bits per heavy atom. The third-order valence-corrected chi connectivity index (χ3v) is 1.95. The molecule has 0 aromatic rings. The highest BCUT2D eigenvalue weighted by molar-refractivity contribution is 7.80. The van der Waals surface area contributed by atoms with Gasteiger partial charge in [-0.05, 0) is 26.1 Å². The predicted octanol–water partition coefficient (Wildman–Crippen LogP) is 1.92. The van der Waals surface area contributed by atoms with E-state index >= 15 is 0 Å². The van der Waals surface area contributed by atoms with Gasteiger partial charge in [0.25, 0.3) is 0 Å². The van der Waals surface area contributed by atoms with Crippen molar-refractivity contribution in [2.24, 2.45) is 0 Å². The molecule has 64 valence electrons. The van der Waals surface area contributed by atoms with Crippen LogP contribution in [0.15, 0.2) is 0 Å². The lowest BCUT2D eigenvalue weighted by molar-refractivity contribution is 0.0335. The van der Waals surface area contributed by atoms with Gasteiger partial charge in [-0.25, -0.2) is 0 Å². The standard InChI is InChI=1S/C8H14O2S/c1-5-4-8(6(2)9-5)10-7(3)11/h5-6,8H,4H2,1-3H3/t5-,6-,8?/m1/s1. The van der Waals surface area contributed by atoms with Gasteiger partial charge < -0.3 is 9.47 Å². The van der Waals surface area contributed by atoms with E-state index in [4.69, 9.17) is 21.7 Å². The molecule has 1 fully saturated rings. The van der Waals surface area contributed by atoms with Crippen molar-refractivity contribution in [3.8, 4) is 0 Å². The quantitative estimate of drug-likeness (QED) is 0.566. The highest BCUT2D eigenvalue weighted by atomic mass is 32.1. The van der Waals surface area contributed by atoms with Crippen molar-refractivity contribution in [3.63, 3.8) is 0 Å². The van der Waals surface area contributed by atoms with Crippen molar-refractivity contribution in [1.29, 1.82) is 0 Å². The van der Waals surface area contributed by atoms with Gasteiger partial charge in [-0.3, -0.25) is 0 Å². The van der Waals surface area contributed by atoms with Gasteiger partial charge in [-0.1, -0.05) is 0 Å². The maximum absolute atomic E-state index is 5.49. The highest BCUT2D eigenvalue weighted by Crippen LogP contribution is 2.22. The van der Waals surface area contributed by atoms with Crippen molar-refractivity contribution in [1.82, 2.24) is 0 Å². The van der Waals surface area contributed by atoms with E-state index in [9.17, 15) is 0 Å². The molecule has 11 heavy (non-hydrogen) atoms. The molecule has 1 heterocycles. The molecule has 0 saturated carbocycles. The van der Waals surface area contributed by atoms with Crippen LogP contribution in [0.3, 0.4) is 0 Å². The fraction of sp³-hybridized carbons (Fsp3) is 0.875. The molecule has 1 aliphatic rings. The van der Waals surface area contributed by atoms with Gasteiger partial charge in [0.05, 0.1) is 12.2 Å². The average Bonchev–Trinajstić information content (AvgIpc) is 2.09. The van der Waals surface area contributed by atoms with E-state index in [1.54, 1.807) is 6.92 Å². The zero-order chi connectivity index (χ0) is 8.43. The first-order chi connectivity index (χ1) is 5.09. The fourth-order valence-electron chi connectivity index (χ4n) is 1.39. The van der Waals surface area contributed by atoms with E-state index in [0.29, 0.717) is 11.2 Å². The molecule has 0 radical (unpaired) electrons. The first kappa shape index (κ1) is 8.94. The predicted molar refractivity (Wildman–Crippen MR) is 47.8 cm³/mol. The molecule has 0 N–H and O–H groups in total. The summed E-state index contributed by atoms with van der Waals surface area (Å²) in [5.74, 6) is 0. The summed E-state index contributed by atoms with van der Waals surface area (Å²) in [4.78, 5) is 0. The van der Waals surface area contributed by atoms with Crippen LogP contribution in [0, 0.1) is 0 Å². The maximum atomic E-state index is 5.49. The van der Waals surface area contributed by atoms with Crippen LogP contribution in [0.1, 0.15) is 27.2 Å². The van der Waals surface area contributed by atoms with Crippen molar-refractivity contribution in [2.75, 3.05) is 0 Å². The molecule has 1 unspecified atom stereocenters.